The van der Waals surface area contributed by atoms with E-state index in [0.29, 0.717) is 50.5 Å². The molecule has 3 rings (SSSR count). The van der Waals surface area contributed by atoms with E-state index in [1.807, 2.05) is 48.5 Å². The molecular formula is C35H53N5O8S. The van der Waals surface area contributed by atoms with Gasteiger partial charge in [0.05, 0.1) is 25.9 Å². The van der Waals surface area contributed by atoms with Crippen LogP contribution in [-0.4, -0.2) is 89.6 Å². The molecule has 0 bridgehead atoms. The summed E-state index contributed by atoms with van der Waals surface area (Å²) in [5, 5.41) is 20.3. The number of alkyl carbamates (subject to hydrolysis) is 1. The summed E-state index contributed by atoms with van der Waals surface area (Å²) >= 11 is 0. The Labute approximate surface area is 291 Å². The third kappa shape index (κ3) is 13.9. The number of amides is 1. The highest BCUT2D eigenvalue weighted by Crippen LogP contribution is 2.31. The first-order valence-electron chi connectivity index (χ1n) is 16.6. The number of nitrogens with one attached hydrogen (secondary N) is 3. The Hall–Kier alpha value is -3.88. The second-order valence-corrected chi connectivity index (χ2v) is 14.6. The number of amidine groups is 2. The lowest BCUT2D eigenvalue weighted by Gasteiger charge is -2.31. The topological polar surface area (TPSA) is 169 Å². The van der Waals surface area contributed by atoms with Crippen molar-refractivity contribution in [2.24, 2.45) is 20.6 Å². The second-order valence-electron chi connectivity index (χ2n) is 13.3. The quantitative estimate of drug-likeness (QED) is 0.166. The summed E-state index contributed by atoms with van der Waals surface area (Å²) in [5.74, 6) is 1.52. The standard InChI is InChI=1S/C35H53N5O8S/c1-24(2)27(20-26-14-15-30(46-7)31(21-26)47-19-11-18-45-6)22-28(38-34(42)48-35(3,4)5)29(41)23-37-33-32(39-49(43,44)40-33)36-17-16-25-12-9-8-10-13-25/h8-10,12-15,21,24,27-29,41H,11,16-20,22-23H2,1-7H3,(H,36,39)(H,37,40)(H,38,42)/t27-,28-,29?/m0/s1. The first-order valence-corrected chi connectivity index (χ1v) is 18.0. The molecule has 0 radical (unpaired) electrons. The molecule has 2 aromatic rings. The van der Waals surface area contributed by atoms with Gasteiger partial charge in [-0.3, -0.25) is 0 Å². The molecule has 1 amide bonds. The van der Waals surface area contributed by atoms with Crippen molar-refractivity contribution >= 4 is 28.0 Å². The van der Waals surface area contributed by atoms with Crippen molar-refractivity contribution in [3.63, 3.8) is 0 Å². The largest absolute Gasteiger partial charge is 0.493 e. The fraction of sp³-hybridized carbons (Fsp3) is 0.571. The predicted octanol–water partition coefficient (Wildman–Crippen LogP) is 4.05. The van der Waals surface area contributed by atoms with Gasteiger partial charge in [0, 0.05) is 33.2 Å². The number of aliphatic hydroxyl groups excluding tert-OH is 1. The molecule has 1 aliphatic heterocycles. The molecule has 0 spiro atoms. The monoisotopic (exact) mass is 703 g/mol. The average molecular weight is 704 g/mol. The molecule has 0 aliphatic carbocycles. The first kappa shape index (κ1) is 39.6. The highest BCUT2D eigenvalue weighted by atomic mass is 32.2. The van der Waals surface area contributed by atoms with Crippen LogP contribution in [0.5, 0.6) is 11.5 Å². The van der Waals surface area contributed by atoms with E-state index in [0.717, 1.165) is 17.5 Å². The van der Waals surface area contributed by atoms with Crippen LogP contribution in [0.1, 0.15) is 58.6 Å². The minimum absolute atomic E-state index is 0.000184. The van der Waals surface area contributed by atoms with Gasteiger partial charge in [-0.2, -0.15) is 8.42 Å². The molecule has 13 nitrogen and oxygen atoms in total. The molecule has 0 saturated carbocycles. The van der Waals surface area contributed by atoms with Gasteiger partial charge in [0.1, 0.15) is 5.60 Å². The fourth-order valence-corrected chi connectivity index (χ4v) is 6.02. The number of rotatable bonds is 18. The zero-order valence-corrected chi connectivity index (χ0v) is 30.5. The highest BCUT2D eigenvalue weighted by molar-refractivity contribution is 7.89. The molecule has 14 heteroatoms. The van der Waals surface area contributed by atoms with Crippen LogP contribution in [0, 0.1) is 11.8 Å². The van der Waals surface area contributed by atoms with Crippen LogP contribution in [0.25, 0.3) is 0 Å². The van der Waals surface area contributed by atoms with Gasteiger partial charge in [-0.1, -0.05) is 50.2 Å². The van der Waals surface area contributed by atoms with E-state index in [9.17, 15) is 18.3 Å². The average Bonchev–Trinajstić information content (AvgIpc) is 3.33. The Bertz CT molecular complexity index is 1510. The molecule has 4 N–H and O–H groups in total. The first-order chi connectivity index (χ1) is 23.2. The number of carbonyl (C=O) groups is 1. The van der Waals surface area contributed by atoms with E-state index in [-0.39, 0.29) is 30.1 Å². The highest BCUT2D eigenvalue weighted by Gasteiger charge is 2.31. The van der Waals surface area contributed by atoms with E-state index in [2.05, 4.69) is 38.6 Å². The molecule has 1 unspecified atom stereocenters. The molecule has 272 valence electrons. The van der Waals surface area contributed by atoms with E-state index < -0.39 is 34.0 Å². The summed E-state index contributed by atoms with van der Waals surface area (Å²) in [6, 6.07) is 14.8. The maximum absolute atomic E-state index is 12.9. The zero-order chi connectivity index (χ0) is 36.0. The second kappa shape index (κ2) is 18.8. The molecular weight excluding hydrogens is 650 g/mol. The van der Waals surface area contributed by atoms with Crippen molar-refractivity contribution < 1.29 is 37.3 Å². The van der Waals surface area contributed by atoms with E-state index in [4.69, 9.17) is 18.9 Å². The van der Waals surface area contributed by atoms with E-state index in [1.165, 1.54) is 0 Å². The van der Waals surface area contributed by atoms with E-state index >= 15 is 0 Å². The van der Waals surface area contributed by atoms with Crippen molar-refractivity contribution in [2.75, 3.05) is 40.5 Å². The summed E-state index contributed by atoms with van der Waals surface area (Å²) in [4.78, 5) is 12.9. The lowest BCUT2D eigenvalue weighted by Crippen LogP contribution is -2.51. The number of ether oxygens (including phenoxy) is 4. The lowest BCUT2D eigenvalue weighted by molar-refractivity contribution is 0.0395. The minimum Gasteiger partial charge on any atom is -0.493 e. The maximum Gasteiger partial charge on any atom is 0.407 e. The molecule has 0 fully saturated rings. The number of aliphatic hydroxyl groups is 1. The van der Waals surface area contributed by atoms with Crippen LogP contribution in [0.3, 0.4) is 0 Å². The zero-order valence-electron chi connectivity index (χ0n) is 29.7. The molecule has 0 aromatic heterocycles. The molecule has 1 heterocycles. The van der Waals surface area contributed by atoms with Crippen molar-refractivity contribution in [3.8, 4) is 11.5 Å². The predicted molar refractivity (Wildman–Crippen MR) is 191 cm³/mol. The van der Waals surface area contributed by atoms with Gasteiger partial charge in [0.25, 0.3) is 0 Å². The molecule has 1 aliphatic rings. The minimum atomic E-state index is -4.08. The van der Waals surface area contributed by atoms with Gasteiger partial charge < -0.3 is 40.0 Å². The molecule has 3 atom stereocenters. The summed E-state index contributed by atoms with van der Waals surface area (Å²) in [6.07, 6.45) is 0.607. The summed E-state index contributed by atoms with van der Waals surface area (Å²) in [5.41, 5.74) is 1.34. The molecule has 49 heavy (non-hydrogen) atoms. The Balaban J connectivity index is 1.74. The number of carbonyl (C=O) groups excluding carboxylic acids is 1. The van der Waals surface area contributed by atoms with Crippen molar-refractivity contribution in [1.29, 1.82) is 0 Å². The van der Waals surface area contributed by atoms with Gasteiger partial charge in [0.15, 0.2) is 23.2 Å². The van der Waals surface area contributed by atoms with Crippen LogP contribution in [0.2, 0.25) is 0 Å². The molecule has 2 aromatic carbocycles. The normalized spacial score (nSPS) is 15.9. The summed E-state index contributed by atoms with van der Waals surface area (Å²) in [6.45, 7) is 10.8. The van der Waals surface area contributed by atoms with Gasteiger partial charge >= 0.3 is 16.3 Å². The van der Waals surface area contributed by atoms with E-state index in [1.54, 1.807) is 35.0 Å². The van der Waals surface area contributed by atoms with Crippen LogP contribution in [0.15, 0.2) is 57.3 Å². The van der Waals surface area contributed by atoms with Crippen molar-refractivity contribution in [2.45, 2.75) is 78.0 Å². The van der Waals surface area contributed by atoms with Crippen LogP contribution >= 0.6 is 0 Å². The smallest absolute Gasteiger partial charge is 0.407 e. The van der Waals surface area contributed by atoms with Gasteiger partial charge in [0.2, 0.25) is 0 Å². The maximum atomic E-state index is 12.9. The third-order valence-corrected chi connectivity index (χ3v) is 8.63. The van der Waals surface area contributed by atoms with Crippen LogP contribution in [0.4, 0.5) is 4.79 Å². The SMILES string of the molecule is COCCCOc1cc(C[C@@H](C[C@H](NC(=O)OC(C)(C)C)C(O)CNC2=NS(=O)(=O)N=C2NCCc2ccccc2)C(C)C)ccc1OC. The lowest BCUT2D eigenvalue weighted by atomic mass is 9.83. The third-order valence-electron chi connectivity index (χ3n) is 7.81. The number of hydrogen-bond donors (Lipinski definition) is 4. The summed E-state index contributed by atoms with van der Waals surface area (Å²) < 4.78 is 54.1. The Morgan fingerprint density at radius 2 is 1.63 bits per heavy atom. The van der Waals surface area contributed by atoms with Crippen molar-refractivity contribution in [3.05, 3.63) is 59.7 Å². The summed E-state index contributed by atoms with van der Waals surface area (Å²) in [7, 11) is -0.831. The number of nitrogens with zero attached hydrogens (tertiary/aromatic N) is 2. The Morgan fingerprint density at radius 3 is 2.27 bits per heavy atom. The van der Waals surface area contributed by atoms with Gasteiger partial charge in [-0.05, 0) is 75.1 Å². The number of methoxy groups -OCH3 is 2. The Kier molecular flexibility index (Phi) is 15.1. The number of benzene rings is 2. The number of hydrogen-bond acceptors (Lipinski definition) is 10. The van der Waals surface area contributed by atoms with Gasteiger partial charge in [-0.25, -0.2) is 4.79 Å². The van der Waals surface area contributed by atoms with Crippen LogP contribution < -0.4 is 25.4 Å². The fourth-order valence-electron chi connectivity index (χ4n) is 5.22. The Morgan fingerprint density at radius 1 is 0.939 bits per heavy atom. The van der Waals surface area contributed by atoms with Crippen LogP contribution in [-0.2, 0) is 32.5 Å². The van der Waals surface area contributed by atoms with Gasteiger partial charge in [-0.15, -0.1) is 8.80 Å². The molecule has 0 saturated heterocycles. The van der Waals surface area contributed by atoms with Crippen molar-refractivity contribution in [1.82, 2.24) is 16.0 Å².